The first-order chi connectivity index (χ1) is 13.9. The Morgan fingerprint density at radius 1 is 1.00 bits per heavy atom. The molecule has 0 spiro atoms. The Balaban J connectivity index is 1.65. The summed E-state index contributed by atoms with van der Waals surface area (Å²) < 4.78 is 40.1. The van der Waals surface area contributed by atoms with E-state index in [1.54, 1.807) is 0 Å². The Morgan fingerprint density at radius 3 is 2.45 bits per heavy atom. The number of carbonyl (C=O) groups excluding carboxylic acids is 1. The van der Waals surface area contributed by atoms with Crippen LogP contribution in [-0.4, -0.2) is 10.5 Å². The zero-order valence-corrected chi connectivity index (χ0v) is 16.4. The average Bonchev–Trinajstić information content (AvgIpc) is 3.07. The fraction of sp³-hybridized carbons (Fsp3) is 0.348. The van der Waals surface area contributed by atoms with Crippen molar-refractivity contribution in [3.8, 4) is 0 Å². The topological polar surface area (TPSA) is 34.0 Å². The predicted octanol–water partition coefficient (Wildman–Crippen LogP) is 6.62. The van der Waals surface area contributed by atoms with Gasteiger partial charge in [0.25, 0.3) is 0 Å². The normalized spacial score (nSPS) is 11.7. The molecule has 154 valence electrons. The van der Waals surface area contributed by atoms with Crippen LogP contribution in [0.1, 0.15) is 50.2 Å². The first kappa shape index (κ1) is 21.0. The van der Waals surface area contributed by atoms with Crippen molar-refractivity contribution in [1.29, 1.82) is 0 Å². The second kappa shape index (κ2) is 9.16. The second-order valence-electron chi connectivity index (χ2n) is 7.27. The molecule has 0 aliphatic heterocycles. The number of hydrogen-bond acceptors (Lipinski definition) is 1. The smallest absolute Gasteiger partial charge is 0.343 e. The van der Waals surface area contributed by atoms with Crippen molar-refractivity contribution in [1.82, 2.24) is 4.57 Å². The lowest BCUT2D eigenvalue weighted by Gasteiger charge is -2.10. The lowest BCUT2D eigenvalue weighted by atomic mass is 10.1. The van der Waals surface area contributed by atoms with Crippen LogP contribution in [0, 0.1) is 0 Å². The lowest BCUT2D eigenvalue weighted by molar-refractivity contribution is -0.137. The number of benzene rings is 2. The maximum absolute atomic E-state index is 12.7. The van der Waals surface area contributed by atoms with Gasteiger partial charge in [0.05, 0.1) is 5.56 Å². The number of fused-ring (bicyclic) bond motifs is 1. The van der Waals surface area contributed by atoms with E-state index in [2.05, 4.69) is 12.2 Å². The summed E-state index contributed by atoms with van der Waals surface area (Å²) in [5.74, 6) is 0.0182. The first-order valence-electron chi connectivity index (χ1n) is 9.91. The SMILES string of the molecule is CCCCCCC(=O)Nc1ccc2c(ccn2Cc2ccc(C(F)(F)F)cc2)c1. The number of anilines is 1. The molecular formula is C23H25F3N2O. The van der Waals surface area contributed by atoms with Gasteiger partial charge in [0.15, 0.2) is 0 Å². The second-order valence-corrected chi connectivity index (χ2v) is 7.27. The van der Waals surface area contributed by atoms with Gasteiger partial charge < -0.3 is 9.88 Å². The number of nitrogens with one attached hydrogen (secondary N) is 1. The Labute approximate surface area is 168 Å². The third-order valence-corrected chi connectivity index (χ3v) is 4.95. The van der Waals surface area contributed by atoms with E-state index in [1.807, 2.05) is 35.0 Å². The molecule has 0 fully saturated rings. The average molecular weight is 402 g/mol. The van der Waals surface area contributed by atoms with Crippen LogP contribution >= 0.6 is 0 Å². The third-order valence-electron chi connectivity index (χ3n) is 4.95. The molecule has 0 bridgehead atoms. The number of halogens is 3. The highest BCUT2D eigenvalue weighted by molar-refractivity contribution is 5.93. The highest BCUT2D eigenvalue weighted by Crippen LogP contribution is 2.29. The summed E-state index contributed by atoms with van der Waals surface area (Å²) in [5, 5.41) is 3.91. The van der Waals surface area contributed by atoms with Crippen molar-refractivity contribution < 1.29 is 18.0 Å². The fourth-order valence-corrected chi connectivity index (χ4v) is 3.35. The molecule has 0 aliphatic carbocycles. The highest BCUT2D eigenvalue weighted by Gasteiger charge is 2.29. The van der Waals surface area contributed by atoms with Gasteiger partial charge in [-0.1, -0.05) is 38.3 Å². The van der Waals surface area contributed by atoms with Crippen LogP contribution in [0.3, 0.4) is 0 Å². The molecule has 1 heterocycles. The van der Waals surface area contributed by atoms with Crippen molar-refractivity contribution in [2.75, 3.05) is 5.32 Å². The Bertz CT molecular complexity index is 958. The highest BCUT2D eigenvalue weighted by atomic mass is 19.4. The molecule has 0 unspecified atom stereocenters. The zero-order chi connectivity index (χ0) is 20.9. The van der Waals surface area contributed by atoms with Gasteiger partial charge in [-0.25, -0.2) is 0 Å². The molecule has 2 aromatic carbocycles. The van der Waals surface area contributed by atoms with Crippen LogP contribution in [0.25, 0.3) is 10.9 Å². The summed E-state index contributed by atoms with van der Waals surface area (Å²) in [6.45, 7) is 2.61. The number of rotatable bonds is 8. The van der Waals surface area contributed by atoms with E-state index in [-0.39, 0.29) is 5.91 Å². The Hall–Kier alpha value is -2.76. The molecule has 1 N–H and O–H groups in total. The van der Waals surface area contributed by atoms with E-state index in [9.17, 15) is 18.0 Å². The summed E-state index contributed by atoms with van der Waals surface area (Å²) in [6.07, 6.45) is 2.34. The van der Waals surface area contributed by atoms with E-state index >= 15 is 0 Å². The first-order valence-corrected chi connectivity index (χ1v) is 9.91. The fourth-order valence-electron chi connectivity index (χ4n) is 3.35. The molecule has 3 aromatic rings. The number of carbonyl (C=O) groups is 1. The molecular weight excluding hydrogens is 377 g/mol. The number of hydrogen-bond donors (Lipinski definition) is 1. The van der Waals surface area contributed by atoms with E-state index in [1.165, 1.54) is 12.1 Å². The molecule has 0 radical (unpaired) electrons. The van der Waals surface area contributed by atoms with E-state index in [0.29, 0.717) is 13.0 Å². The molecule has 0 saturated heterocycles. The minimum atomic E-state index is -4.32. The number of aromatic nitrogens is 1. The van der Waals surface area contributed by atoms with Crippen LogP contribution in [-0.2, 0) is 17.5 Å². The van der Waals surface area contributed by atoms with Crippen molar-refractivity contribution in [2.45, 2.75) is 51.7 Å². The van der Waals surface area contributed by atoms with Gasteiger partial charge in [-0.05, 0) is 48.4 Å². The van der Waals surface area contributed by atoms with Gasteiger partial charge in [0, 0.05) is 35.8 Å². The van der Waals surface area contributed by atoms with Crippen molar-refractivity contribution in [3.63, 3.8) is 0 Å². The van der Waals surface area contributed by atoms with Crippen molar-refractivity contribution >= 4 is 22.5 Å². The lowest BCUT2D eigenvalue weighted by Crippen LogP contribution is -2.11. The molecule has 3 rings (SSSR count). The molecule has 6 heteroatoms. The van der Waals surface area contributed by atoms with Crippen LogP contribution in [0.2, 0.25) is 0 Å². The number of alkyl halides is 3. The molecule has 0 atom stereocenters. The van der Waals surface area contributed by atoms with Gasteiger partial charge in [0.1, 0.15) is 0 Å². The van der Waals surface area contributed by atoms with Gasteiger partial charge in [-0.3, -0.25) is 4.79 Å². The van der Waals surface area contributed by atoms with Gasteiger partial charge in [0.2, 0.25) is 5.91 Å². The van der Waals surface area contributed by atoms with E-state index in [4.69, 9.17) is 0 Å². The van der Waals surface area contributed by atoms with Gasteiger partial charge in [-0.15, -0.1) is 0 Å². The molecule has 0 saturated carbocycles. The maximum atomic E-state index is 12.7. The maximum Gasteiger partial charge on any atom is 0.416 e. The standard InChI is InChI=1S/C23H25F3N2O/c1-2-3-4-5-6-22(29)27-20-11-12-21-18(15-20)13-14-28(21)16-17-7-9-19(10-8-17)23(24,25)26/h7-15H,2-6,16H2,1H3,(H,27,29). The minimum absolute atomic E-state index is 0.0182. The van der Waals surface area contributed by atoms with Crippen molar-refractivity contribution in [2.24, 2.45) is 0 Å². The van der Waals surface area contributed by atoms with Crippen molar-refractivity contribution in [3.05, 3.63) is 65.9 Å². The van der Waals surface area contributed by atoms with E-state index < -0.39 is 11.7 Å². The van der Waals surface area contributed by atoms with Gasteiger partial charge >= 0.3 is 6.18 Å². The number of unbranched alkanes of at least 4 members (excludes halogenated alkanes) is 3. The molecule has 1 aromatic heterocycles. The summed E-state index contributed by atoms with van der Waals surface area (Å²) in [5.41, 5.74) is 1.87. The summed E-state index contributed by atoms with van der Waals surface area (Å²) in [4.78, 5) is 12.1. The largest absolute Gasteiger partial charge is 0.416 e. The summed E-state index contributed by atoms with van der Waals surface area (Å²) in [6, 6.07) is 12.9. The Kier molecular flexibility index (Phi) is 6.62. The molecule has 3 nitrogen and oxygen atoms in total. The zero-order valence-electron chi connectivity index (χ0n) is 16.4. The quantitative estimate of drug-likeness (QED) is 0.422. The molecule has 1 amide bonds. The van der Waals surface area contributed by atoms with Crippen LogP contribution < -0.4 is 5.32 Å². The monoisotopic (exact) mass is 402 g/mol. The Morgan fingerprint density at radius 2 is 1.76 bits per heavy atom. The third kappa shape index (κ3) is 5.62. The molecule has 0 aliphatic rings. The summed E-state index contributed by atoms with van der Waals surface area (Å²) >= 11 is 0. The number of amides is 1. The molecule has 29 heavy (non-hydrogen) atoms. The van der Waals surface area contributed by atoms with Crippen LogP contribution in [0.15, 0.2) is 54.7 Å². The van der Waals surface area contributed by atoms with E-state index in [0.717, 1.165) is 60.0 Å². The summed E-state index contributed by atoms with van der Waals surface area (Å²) in [7, 11) is 0. The predicted molar refractivity (Wildman–Crippen MR) is 110 cm³/mol. The van der Waals surface area contributed by atoms with Crippen LogP contribution in [0.5, 0.6) is 0 Å². The number of nitrogens with zero attached hydrogens (tertiary/aromatic N) is 1. The minimum Gasteiger partial charge on any atom is -0.343 e. The van der Waals surface area contributed by atoms with Gasteiger partial charge in [-0.2, -0.15) is 13.2 Å². The van der Waals surface area contributed by atoms with Crippen LogP contribution in [0.4, 0.5) is 18.9 Å².